The summed E-state index contributed by atoms with van der Waals surface area (Å²) in [6.07, 6.45) is 3.93. The van der Waals surface area contributed by atoms with Crippen molar-refractivity contribution in [2.75, 3.05) is 19.6 Å². The molecule has 2 saturated heterocycles. The number of aromatic nitrogens is 2. The summed E-state index contributed by atoms with van der Waals surface area (Å²) in [5.74, 6) is 6.09. The van der Waals surface area contributed by atoms with E-state index >= 15 is 0 Å². The molecule has 5 rings (SSSR count). The van der Waals surface area contributed by atoms with Gasteiger partial charge in [0, 0.05) is 42.7 Å². The number of fused-ring (bicyclic) bond motifs is 1. The molecule has 12 heteroatoms. The molecule has 3 atom stereocenters. The number of likely N-dealkylation sites (tertiary alicyclic amines) is 1. The van der Waals surface area contributed by atoms with Gasteiger partial charge in [-0.15, -0.1) is 5.92 Å². The first-order valence-electron chi connectivity index (χ1n) is 13.0. The zero-order valence-corrected chi connectivity index (χ0v) is 22.1. The first kappa shape index (κ1) is 26.6. The van der Waals surface area contributed by atoms with E-state index in [1.165, 1.54) is 17.3 Å². The summed E-state index contributed by atoms with van der Waals surface area (Å²) in [6, 6.07) is 9.40. The quantitative estimate of drug-likeness (QED) is 0.550. The molecule has 0 aliphatic carbocycles. The number of carbonyl (C=O) groups is 2. The van der Waals surface area contributed by atoms with E-state index < -0.39 is 24.1 Å². The maximum absolute atomic E-state index is 14.1. The zero-order chi connectivity index (χ0) is 28.2. The Kier molecular flexibility index (Phi) is 7.59. The van der Waals surface area contributed by atoms with E-state index in [1.807, 2.05) is 11.0 Å². The van der Waals surface area contributed by atoms with E-state index in [2.05, 4.69) is 32.8 Å². The number of urea groups is 1. The van der Waals surface area contributed by atoms with E-state index in [-0.39, 0.29) is 37.1 Å². The van der Waals surface area contributed by atoms with Gasteiger partial charge in [0.15, 0.2) is 18.2 Å². The molecule has 0 radical (unpaired) electrons. The summed E-state index contributed by atoms with van der Waals surface area (Å²) in [6.45, 7) is 3.13. The van der Waals surface area contributed by atoms with Gasteiger partial charge in [-0.25, -0.2) is 19.8 Å². The number of guanidine groups is 1. The molecule has 2 unspecified atom stereocenters. The predicted molar refractivity (Wildman–Crippen MR) is 143 cm³/mol. The van der Waals surface area contributed by atoms with E-state index in [0.29, 0.717) is 23.6 Å². The van der Waals surface area contributed by atoms with Crippen LogP contribution in [-0.2, 0) is 17.9 Å². The van der Waals surface area contributed by atoms with Crippen LogP contribution in [0, 0.1) is 34.5 Å². The van der Waals surface area contributed by atoms with Crippen molar-refractivity contribution in [1.82, 2.24) is 29.6 Å². The van der Waals surface area contributed by atoms with Crippen LogP contribution in [0.5, 0.6) is 0 Å². The SMILES string of the molecule is CC#CCN1C(N2CCC[C@@H](N)C2)=NC2C1C(=O)N(Cc1cccnc1C#N)C(=O)N2Cc1cccnc1C#N. The maximum atomic E-state index is 14.1. The van der Waals surface area contributed by atoms with Crippen molar-refractivity contribution >= 4 is 17.9 Å². The molecular weight excluding hydrogens is 508 g/mol. The molecule has 40 heavy (non-hydrogen) atoms. The van der Waals surface area contributed by atoms with Gasteiger partial charge in [0.25, 0.3) is 5.91 Å². The second kappa shape index (κ2) is 11.4. The Balaban J connectivity index is 1.59. The van der Waals surface area contributed by atoms with Crippen LogP contribution in [0.4, 0.5) is 4.79 Å². The fraction of sp³-hybridized carbons (Fsp3) is 0.393. The Morgan fingerprint density at radius 1 is 1.02 bits per heavy atom. The Labute approximate surface area is 232 Å². The van der Waals surface area contributed by atoms with E-state index in [9.17, 15) is 20.1 Å². The van der Waals surface area contributed by atoms with Gasteiger partial charge in [0.05, 0.1) is 19.6 Å². The topological polar surface area (TPSA) is 159 Å². The van der Waals surface area contributed by atoms with Crippen LogP contribution in [-0.4, -0.2) is 85.3 Å². The lowest BCUT2D eigenvalue weighted by atomic mass is 10.1. The van der Waals surface area contributed by atoms with Crippen molar-refractivity contribution in [3.05, 3.63) is 59.2 Å². The minimum Gasteiger partial charge on any atom is -0.341 e. The summed E-state index contributed by atoms with van der Waals surface area (Å²) in [5.41, 5.74) is 7.59. The minimum atomic E-state index is -0.851. The highest BCUT2D eigenvalue weighted by atomic mass is 16.2. The van der Waals surface area contributed by atoms with Gasteiger partial charge in [-0.05, 0) is 31.9 Å². The Bertz CT molecular complexity index is 1500. The molecule has 3 aliphatic rings. The average Bonchev–Trinajstić information content (AvgIpc) is 3.36. The molecule has 2 aromatic rings. The third kappa shape index (κ3) is 4.91. The molecule has 2 fully saturated rings. The van der Waals surface area contributed by atoms with Crippen LogP contribution in [0.3, 0.4) is 0 Å². The Morgan fingerprint density at radius 2 is 1.70 bits per heavy atom. The minimum absolute atomic E-state index is 0.0161. The van der Waals surface area contributed by atoms with Gasteiger partial charge in [0.2, 0.25) is 0 Å². The van der Waals surface area contributed by atoms with Crippen molar-refractivity contribution in [3.8, 4) is 24.0 Å². The number of hydrogen-bond donors (Lipinski definition) is 1. The number of carbonyl (C=O) groups excluding carboxylic acids is 2. The predicted octanol–water partition coefficient (Wildman–Crippen LogP) is 0.997. The molecule has 2 aromatic heterocycles. The van der Waals surface area contributed by atoms with Gasteiger partial charge >= 0.3 is 6.03 Å². The molecule has 2 N–H and O–H groups in total. The number of pyridine rings is 2. The number of nitrogens with zero attached hydrogens (tertiary/aromatic N) is 9. The zero-order valence-electron chi connectivity index (χ0n) is 22.1. The Morgan fingerprint density at radius 3 is 2.33 bits per heavy atom. The van der Waals surface area contributed by atoms with Crippen molar-refractivity contribution < 1.29 is 9.59 Å². The number of imide groups is 1. The highest BCUT2D eigenvalue weighted by Crippen LogP contribution is 2.33. The lowest BCUT2D eigenvalue weighted by Gasteiger charge is -2.43. The second-order valence-electron chi connectivity index (χ2n) is 9.77. The summed E-state index contributed by atoms with van der Waals surface area (Å²) >= 11 is 0. The van der Waals surface area contributed by atoms with Crippen LogP contribution in [0.25, 0.3) is 0 Å². The fourth-order valence-electron chi connectivity index (χ4n) is 5.35. The van der Waals surface area contributed by atoms with Crippen molar-refractivity contribution in [1.29, 1.82) is 10.5 Å². The Hall–Kier alpha value is -4.99. The van der Waals surface area contributed by atoms with Gasteiger partial charge in [-0.2, -0.15) is 10.5 Å². The van der Waals surface area contributed by atoms with Crippen LogP contribution >= 0.6 is 0 Å². The molecule has 5 heterocycles. The van der Waals surface area contributed by atoms with Crippen molar-refractivity contribution in [2.24, 2.45) is 10.7 Å². The molecule has 0 spiro atoms. The first-order valence-corrected chi connectivity index (χ1v) is 13.0. The van der Waals surface area contributed by atoms with Crippen molar-refractivity contribution in [2.45, 2.75) is 51.1 Å². The van der Waals surface area contributed by atoms with E-state index in [4.69, 9.17) is 10.7 Å². The second-order valence-corrected chi connectivity index (χ2v) is 9.77. The normalized spacial score (nSPS) is 22.2. The largest absolute Gasteiger partial charge is 0.341 e. The number of aliphatic imine (C=N–C) groups is 1. The molecule has 3 aliphatic heterocycles. The average molecular weight is 537 g/mol. The number of hydrogen-bond acceptors (Lipinski definition) is 10. The number of rotatable bonds is 5. The molecule has 0 saturated carbocycles. The third-order valence-electron chi connectivity index (χ3n) is 7.27. The summed E-state index contributed by atoms with van der Waals surface area (Å²) in [4.78, 5) is 47.8. The first-order chi connectivity index (χ1) is 19.5. The fourth-order valence-corrected chi connectivity index (χ4v) is 5.35. The van der Waals surface area contributed by atoms with Crippen LogP contribution < -0.4 is 5.73 Å². The smallest absolute Gasteiger partial charge is 0.329 e. The van der Waals surface area contributed by atoms with Crippen LogP contribution in [0.15, 0.2) is 41.7 Å². The van der Waals surface area contributed by atoms with Crippen LogP contribution in [0.2, 0.25) is 0 Å². The summed E-state index contributed by atoms with van der Waals surface area (Å²) < 4.78 is 0. The highest BCUT2D eigenvalue weighted by molar-refractivity contribution is 6.04. The molecule has 12 nitrogen and oxygen atoms in total. The lowest BCUT2D eigenvalue weighted by molar-refractivity contribution is -0.138. The standard InChI is InChI=1S/C28H28N10O2/c1-2-3-13-36-24-25(34-27(36)35-12-6-9-21(31)18-35)37(16-19-7-4-10-32-22(19)14-29)28(40)38(26(24)39)17-20-8-5-11-33-23(20)15-30/h4-5,7-8,10-11,21,24-25H,6,9,12-13,16-18,31H2,1H3/t21-,24?,25?/m1/s1. The van der Waals surface area contributed by atoms with Gasteiger partial charge in [0.1, 0.15) is 23.5 Å². The van der Waals surface area contributed by atoms with Crippen molar-refractivity contribution in [3.63, 3.8) is 0 Å². The maximum Gasteiger partial charge on any atom is 0.329 e. The number of nitrogens with two attached hydrogens (primary N) is 1. The van der Waals surface area contributed by atoms with Gasteiger partial charge in [-0.3, -0.25) is 14.6 Å². The van der Waals surface area contributed by atoms with E-state index in [1.54, 1.807) is 31.2 Å². The lowest BCUT2D eigenvalue weighted by Crippen LogP contribution is -2.66. The number of nitriles is 2. The molecule has 202 valence electrons. The third-order valence-corrected chi connectivity index (χ3v) is 7.27. The van der Waals surface area contributed by atoms with Gasteiger partial charge < -0.3 is 15.5 Å². The molecule has 0 aromatic carbocycles. The monoisotopic (exact) mass is 536 g/mol. The number of piperidine rings is 1. The molecular formula is C28H28N10O2. The summed E-state index contributed by atoms with van der Waals surface area (Å²) in [7, 11) is 0. The summed E-state index contributed by atoms with van der Waals surface area (Å²) in [5, 5.41) is 19.2. The highest BCUT2D eigenvalue weighted by Gasteiger charge is 2.54. The molecule has 3 amide bonds. The number of amides is 3. The van der Waals surface area contributed by atoms with Gasteiger partial charge in [-0.1, -0.05) is 18.1 Å². The van der Waals surface area contributed by atoms with Crippen LogP contribution in [0.1, 0.15) is 42.3 Å². The molecule has 0 bridgehead atoms. The van der Waals surface area contributed by atoms with E-state index in [0.717, 1.165) is 24.3 Å².